The smallest absolute Gasteiger partial charge is 0.166 e. The molecular formula is C16H16ClN5O2S. The van der Waals surface area contributed by atoms with Crippen LogP contribution >= 0.6 is 23.4 Å². The number of hydrogen-bond acceptors (Lipinski definition) is 7. The van der Waals surface area contributed by atoms with Crippen molar-refractivity contribution >= 4 is 40.3 Å². The minimum absolute atomic E-state index is 0.310. The number of anilines is 1. The van der Waals surface area contributed by atoms with E-state index in [0.717, 1.165) is 5.56 Å². The first kappa shape index (κ1) is 16.6. The lowest BCUT2D eigenvalue weighted by Gasteiger charge is -2.17. The van der Waals surface area contributed by atoms with Crippen LogP contribution in [0.25, 0.3) is 11.2 Å². The number of benzene rings is 1. The lowest BCUT2D eigenvalue weighted by molar-refractivity contribution is 0.0313. The van der Waals surface area contributed by atoms with Gasteiger partial charge < -0.3 is 15.5 Å². The highest BCUT2D eigenvalue weighted by atomic mass is 35.5. The summed E-state index contributed by atoms with van der Waals surface area (Å²) in [6.45, 7) is 0.555. The van der Waals surface area contributed by atoms with E-state index >= 15 is 0 Å². The summed E-state index contributed by atoms with van der Waals surface area (Å²) in [5, 5.41) is 23.5. The molecule has 3 N–H and O–H groups in total. The van der Waals surface area contributed by atoms with Crippen LogP contribution < -0.4 is 5.32 Å². The van der Waals surface area contributed by atoms with E-state index in [4.69, 9.17) is 11.6 Å². The third-order valence-corrected chi connectivity index (χ3v) is 5.72. The van der Waals surface area contributed by atoms with Crippen molar-refractivity contribution in [2.75, 3.05) is 11.1 Å². The van der Waals surface area contributed by atoms with E-state index in [9.17, 15) is 10.2 Å². The van der Waals surface area contributed by atoms with Crippen molar-refractivity contribution in [1.29, 1.82) is 0 Å². The third kappa shape index (κ3) is 3.18. The predicted molar refractivity (Wildman–Crippen MR) is 97.6 cm³/mol. The van der Waals surface area contributed by atoms with Gasteiger partial charge in [-0.05, 0) is 17.7 Å². The van der Waals surface area contributed by atoms with E-state index in [2.05, 4.69) is 20.3 Å². The van der Waals surface area contributed by atoms with Crippen molar-refractivity contribution in [2.24, 2.45) is 0 Å². The first-order valence-corrected chi connectivity index (χ1v) is 9.20. The molecule has 3 heterocycles. The molecule has 0 radical (unpaired) electrons. The lowest BCUT2D eigenvalue weighted by Crippen LogP contribution is -2.27. The van der Waals surface area contributed by atoms with Crippen molar-refractivity contribution in [3.05, 3.63) is 47.5 Å². The molecule has 25 heavy (non-hydrogen) atoms. The van der Waals surface area contributed by atoms with Crippen LogP contribution in [0.15, 0.2) is 36.9 Å². The van der Waals surface area contributed by atoms with Crippen LogP contribution in [0.4, 0.5) is 5.82 Å². The van der Waals surface area contributed by atoms with Crippen LogP contribution in [0.1, 0.15) is 10.9 Å². The molecule has 0 aliphatic carbocycles. The van der Waals surface area contributed by atoms with Crippen LogP contribution in [0.3, 0.4) is 0 Å². The van der Waals surface area contributed by atoms with E-state index in [1.807, 2.05) is 24.3 Å². The van der Waals surface area contributed by atoms with Crippen LogP contribution in [-0.4, -0.2) is 47.7 Å². The molecule has 1 aromatic carbocycles. The van der Waals surface area contributed by atoms with E-state index < -0.39 is 12.2 Å². The minimum atomic E-state index is -0.847. The Kier molecular flexibility index (Phi) is 4.51. The first-order valence-electron chi connectivity index (χ1n) is 7.77. The van der Waals surface area contributed by atoms with E-state index in [1.165, 1.54) is 18.1 Å². The number of rotatable bonds is 4. The Labute approximate surface area is 153 Å². The second kappa shape index (κ2) is 6.80. The molecule has 0 spiro atoms. The van der Waals surface area contributed by atoms with Gasteiger partial charge in [0.2, 0.25) is 0 Å². The summed E-state index contributed by atoms with van der Waals surface area (Å²) >= 11 is 7.48. The Bertz CT molecular complexity index is 905. The van der Waals surface area contributed by atoms with Crippen molar-refractivity contribution in [1.82, 2.24) is 19.5 Å². The zero-order valence-electron chi connectivity index (χ0n) is 13.1. The number of aromatic nitrogens is 4. The summed E-state index contributed by atoms with van der Waals surface area (Å²) in [5.41, 5.74) is 2.27. The van der Waals surface area contributed by atoms with Crippen molar-refractivity contribution < 1.29 is 10.2 Å². The van der Waals surface area contributed by atoms with Gasteiger partial charge in [-0.3, -0.25) is 4.57 Å². The maximum Gasteiger partial charge on any atom is 0.166 e. The Balaban J connectivity index is 1.61. The highest BCUT2D eigenvalue weighted by molar-refractivity contribution is 7.99. The number of halogens is 1. The maximum absolute atomic E-state index is 10.1. The number of imidazole rings is 1. The molecule has 4 rings (SSSR count). The average Bonchev–Trinajstić information content (AvgIpc) is 3.17. The largest absolute Gasteiger partial charge is 0.389 e. The van der Waals surface area contributed by atoms with Gasteiger partial charge in [-0.2, -0.15) is 0 Å². The third-order valence-electron chi connectivity index (χ3n) is 4.11. The zero-order chi connectivity index (χ0) is 17.4. The molecule has 0 saturated carbocycles. The average molecular weight is 378 g/mol. The second-order valence-electron chi connectivity index (χ2n) is 5.81. The fraction of sp³-hybridized carbons (Fsp3) is 0.312. The molecule has 0 bridgehead atoms. The predicted octanol–water partition coefficient (Wildman–Crippen LogP) is 2.06. The Hall–Kier alpha value is -1.87. The Morgan fingerprint density at radius 2 is 2.16 bits per heavy atom. The van der Waals surface area contributed by atoms with Gasteiger partial charge in [0.25, 0.3) is 0 Å². The number of thioether (sulfide) groups is 1. The molecule has 7 nitrogen and oxygen atoms in total. The van der Waals surface area contributed by atoms with Gasteiger partial charge in [-0.15, -0.1) is 11.8 Å². The molecule has 1 fully saturated rings. The molecule has 130 valence electrons. The molecule has 1 saturated heterocycles. The van der Waals surface area contributed by atoms with Crippen molar-refractivity contribution in [3.8, 4) is 0 Å². The molecule has 2 unspecified atom stereocenters. The molecule has 3 aromatic rings. The van der Waals surface area contributed by atoms with Crippen molar-refractivity contribution in [3.63, 3.8) is 0 Å². The standard InChI is InChI=1S/C16H16ClN5O2S/c17-10-3-1-2-9(4-10)5-18-14-12-15(20-7-19-14)22(8-21-12)16-13(24)11(23)6-25-16/h1-4,7-8,11,13,16,23-24H,5-6H2,(H,18,19,20)/t11-,13?,16?/m0/s1. The van der Waals surface area contributed by atoms with Gasteiger partial charge in [0.15, 0.2) is 11.5 Å². The van der Waals surface area contributed by atoms with E-state index in [0.29, 0.717) is 34.3 Å². The monoisotopic (exact) mass is 377 g/mol. The molecule has 0 amide bonds. The summed E-state index contributed by atoms with van der Waals surface area (Å²) < 4.78 is 1.78. The Morgan fingerprint density at radius 1 is 1.28 bits per heavy atom. The number of nitrogens with one attached hydrogen (secondary N) is 1. The summed E-state index contributed by atoms with van der Waals surface area (Å²) in [6, 6.07) is 7.59. The normalized spacial score (nSPS) is 23.2. The molecule has 3 atom stereocenters. The fourth-order valence-corrected chi connectivity index (χ4v) is 4.33. The van der Waals surface area contributed by atoms with Crippen LogP contribution in [0.5, 0.6) is 0 Å². The van der Waals surface area contributed by atoms with Crippen LogP contribution in [0, 0.1) is 0 Å². The van der Waals surface area contributed by atoms with Crippen molar-refractivity contribution in [2.45, 2.75) is 24.1 Å². The highest BCUT2D eigenvalue weighted by Gasteiger charge is 2.36. The zero-order valence-corrected chi connectivity index (χ0v) is 14.7. The van der Waals surface area contributed by atoms with Crippen LogP contribution in [-0.2, 0) is 6.54 Å². The van der Waals surface area contributed by atoms with E-state index in [1.54, 1.807) is 10.9 Å². The summed E-state index contributed by atoms with van der Waals surface area (Å²) in [6.07, 6.45) is 1.50. The maximum atomic E-state index is 10.1. The molecular weight excluding hydrogens is 362 g/mol. The second-order valence-corrected chi connectivity index (χ2v) is 7.40. The summed E-state index contributed by atoms with van der Waals surface area (Å²) in [7, 11) is 0. The van der Waals surface area contributed by atoms with Gasteiger partial charge in [0.05, 0.1) is 12.4 Å². The number of hydrogen-bond donors (Lipinski definition) is 3. The lowest BCUT2D eigenvalue weighted by atomic mass is 10.2. The van der Waals surface area contributed by atoms with Gasteiger partial charge >= 0.3 is 0 Å². The topological polar surface area (TPSA) is 96.1 Å². The number of aliphatic hydroxyl groups is 2. The first-order chi connectivity index (χ1) is 12.1. The van der Waals surface area contributed by atoms with Gasteiger partial charge in [0.1, 0.15) is 23.3 Å². The number of fused-ring (bicyclic) bond motifs is 1. The Morgan fingerprint density at radius 3 is 2.92 bits per heavy atom. The molecule has 1 aliphatic rings. The van der Waals surface area contributed by atoms with Crippen LogP contribution in [0.2, 0.25) is 5.02 Å². The summed E-state index contributed by atoms with van der Waals surface area (Å²) in [4.78, 5) is 13.0. The number of aliphatic hydroxyl groups excluding tert-OH is 2. The number of nitrogens with zero attached hydrogens (tertiary/aromatic N) is 4. The fourth-order valence-electron chi connectivity index (χ4n) is 2.83. The summed E-state index contributed by atoms with van der Waals surface area (Å²) in [5.74, 6) is 1.10. The molecule has 1 aliphatic heterocycles. The minimum Gasteiger partial charge on any atom is -0.389 e. The quantitative estimate of drug-likeness (QED) is 0.640. The van der Waals surface area contributed by atoms with Gasteiger partial charge in [-0.25, -0.2) is 15.0 Å². The van der Waals surface area contributed by atoms with Gasteiger partial charge in [0, 0.05) is 17.3 Å². The molecule has 2 aromatic heterocycles. The molecule has 9 heteroatoms. The highest BCUT2D eigenvalue weighted by Crippen LogP contribution is 2.38. The van der Waals surface area contributed by atoms with E-state index in [-0.39, 0.29) is 5.37 Å². The SMILES string of the molecule is OC1C(n2cnc3c(NCc4cccc(Cl)c4)ncnc32)SC[C@@H]1O. The van der Waals surface area contributed by atoms with Gasteiger partial charge in [-0.1, -0.05) is 23.7 Å².